The van der Waals surface area contributed by atoms with Crippen LogP contribution in [0.4, 0.5) is 4.79 Å². The number of amides is 2. The lowest BCUT2D eigenvalue weighted by molar-refractivity contribution is -0.149. The van der Waals surface area contributed by atoms with Crippen molar-refractivity contribution in [1.82, 2.24) is 15.2 Å². The number of pyridine rings is 1. The summed E-state index contributed by atoms with van der Waals surface area (Å²) in [5, 5.41) is 12.4. The van der Waals surface area contributed by atoms with Gasteiger partial charge >= 0.3 is 12.0 Å². The van der Waals surface area contributed by atoms with Crippen LogP contribution in [0.3, 0.4) is 0 Å². The minimum Gasteiger partial charge on any atom is -0.481 e. The molecule has 0 aromatic carbocycles. The monoisotopic (exact) mass is 317 g/mol. The zero-order chi connectivity index (χ0) is 16.4. The van der Waals surface area contributed by atoms with E-state index in [0.717, 1.165) is 24.2 Å². The summed E-state index contributed by atoms with van der Waals surface area (Å²) >= 11 is 0. The number of hydrogen-bond donors (Lipinski definition) is 2. The fraction of sp³-hybridized carbons (Fsp3) is 0.588. The predicted molar refractivity (Wildman–Crippen MR) is 85.1 cm³/mol. The molecule has 1 saturated heterocycles. The van der Waals surface area contributed by atoms with Crippen LogP contribution in [0.25, 0.3) is 0 Å². The second kappa shape index (κ2) is 6.18. The molecule has 0 bridgehead atoms. The maximum atomic E-state index is 12.3. The summed E-state index contributed by atoms with van der Waals surface area (Å²) in [6.07, 6.45) is 3.22. The van der Waals surface area contributed by atoms with Gasteiger partial charge in [0.05, 0.1) is 5.41 Å². The molecule has 0 radical (unpaired) electrons. The van der Waals surface area contributed by atoms with E-state index in [9.17, 15) is 14.7 Å². The van der Waals surface area contributed by atoms with Gasteiger partial charge in [0.15, 0.2) is 0 Å². The maximum Gasteiger partial charge on any atom is 0.317 e. The third-order valence-electron chi connectivity index (χ3n) is 5.19. The molecule has 1 aromatic rings. The normalized spacial score (nSPS) is 26.1. The molecule has 2 aliphatic rings. The molecule has 0 spiro atoms. The molecule has 2 N–H and O–H groups in total. The van der Waals surface area contributed by atoms with Gasteiger partial charge in [0.25, 0.3) is 0 Å². The van der Waals surface area contributed by atoms with Crippen LogP contribution >= 0.6 is 0 Å². The quantitative estimate of drug-likeness (QED) is 0.887. The minimum atomic E-state index is -0.751. The Labute approximate surface area is 135 Å². The van der Waals surface area contributed by atoms with Crippen molar-refractivity contribution in [2.24, 2.45) is 11.3 Å². The fourth-order valence-electron chi connectivity index (χ4n) is 3.94. The van der Waals surface area contributed by atoms with Gasteiger partial charge in [-0.25, -0.2) is 4.79 Å². The van der Waals surface area contributed by atoms with E-state index in [0.29, 0.717) is 32.5 Å². The summed E-state index contributed by atoms with van der Waals surface area (Å²) in [6, 6.07) is 5.68. The number of hydrogen-bond acceptors (Lipinski definition) is 3. The molecule has 3 rings (SSSR count). The Morgan fingerprint density at radius 3 is 3.00 bits per heavy atom. The zero-order valence-corrected chi connectivity index (χ0v) is 13.4. The van der Waals surface area contributed by atoms with Crippen molar-refractivity contribution < 1.29 is 14.7 Å². The van der Waals surface area contributed by atoms with E-state index < -0.39 is 11.4 Å². The molecule has 2 heterocycles. The highest BCUT2D eigenvalue weighted by molar-refractivity contribution is 5.80. The SMILES string of the molecule is Cc1cccc(CCNC(=O)N2C[C@@H]3CCC[C@@]3(C(=O)O)C2)n1. The number of carbonyl (C=O) groups excluding carboxylic acids is 1. The molecule has 1 aliphatic heterocycles. The molecule has 6 heteroatoms. The average Bonchev–Trinajstić information content (AvgIpc) is 3.05. The summed E-state index contributed by atoms with van der Waals surface area (Å²) in [5.74, 6) is -0.650. The van der Waals surface area contributed by atoms with Crippen LogP contribution in [-0.2, 0) is 11.2 Å². The Hall–Kier alpha value is -2.11. The minimum absolute atomic E-state index is 0.101. The molecule has 2 amide bonds. The van der Waals surface area contributed by atoms with E-state index in [1.165, 1.54) is 0 Å². The molecule has 23 heavy (non-hydrogen) atoms. The van der Waals surface area contributed by atoms with Crippen molar-refractivity contribution >= 4 is 12.0 Å². The van der Waals surface area contributed by atoms with Gasteiger partial charge in [0.2, 0.25) is 0 Å². The number of fused-ring (bicyclic) bond motifs is 1. The molecule has 0 unspecified atom stereocenters. The number of carbonyl (C=O) groups is 2. The lowest BCUT2D eigenvalue weighted by Crippen LogP contribution is -2.42. The first-order chi connectivity index (χ1) is 11.0. The predicted octanol–water partition coefficient (Wildman–Crippen LogP) is 1.83. The van der Waals surface area contributed by atoms with Crippen molar-refractivity contribution in [2.75, 3.05) is 19.6 Å². The van der Waals surface area contributed by atoms with Gasteiger partial charge in [0, 0.05) is 37.4 Å². The molecule has 6 nitrogen and oxygen atoms in total. The third kappa shape index (κ3) is 3.02. The molecule has 124 valence electrons. The van der Waals surface area contributed by atoms with Gasteiger partial charge in [0.1, 0.15) is 0 Å². The number of urea groups is 1. The highest BCUT2D eigenvalue weighted by Crippen LogP contribution is 2.48. The molecule has 1 aliphatic carbocycles. The van der Waals surface area contributed by atoms with Gasteiger partial charge in [-0.15, -0.1) is 0 Å². The van der Waals surface area contributed by atoms with E-state index in [2.05, 4.69) is 10.3 Å². The summed E-state index contributed by atoms with van der Waals surface area (Å²) in [6.45, 7) is 3.34. The zero-order valence-electron chi connectivity index (χ0n) is 13.4. The number of nitrogens with zero attached hydrogens (tertiary/aromatic N) is 2. The molecular weight excluding hydrogens is 294 g/mol. The number of nitrogens with one attached hydrogen (secondary N) is 1. The Morgan fingerprint density at radius 1 is 1.48 bits per heavy atom. The van der Waals surface area contributed by atoms with Crippen LogP contribution in [-0.4, -0.2) is 46.6 Å². The number of aliphatic carboxylic acids is 1. The molecule has 1 saturated carbocycles. The van der Waals surface area contributed by atoms with E-state index in [4.69, 9.17) is 0 Å². The lowest BCUT2D eigenvalue weighted by Gasteiger charge is -2.23. The summed E-state index contributed by atoms with van der Waals surface area (Å²) in [7, 11) is 0. The molecule has 1 aromatic heterocycles. The average molecular weight is 317 g/mol. The van der Waals surface area contributed by atoms with Gasteiger partial charge in [-0.05, 0) is 37.8 Å². The number of aromatic nitrogens is 1. The van der Waals surface area contributed by atoms with Crippen molar-refractivity contribution in [3.8, 4) is 0 Å². The van der Waals surface area contributed by atoms with Crippen LogP contribution in [0.1, 0.15) is 30.7 Å². The molecule has 2 fully saturated rings. The van der Waals surface area contributed by atoms with E-state index in [-0.39, 0.29) is 11.9 Å². The van der Waals surface area contributed by atoms with Crippen LogP contribution in [0.15, 0.2) is 18.2 Å². The van der Waals surface area contributed by atoms with Crippen molar-refractivity contribution in [2.45, 2.75) is 32.6 Å². The van der Waals surface area contributed by atoms with E-state index in [1.54, 1.807) is 4.90 Å². The maximum absolute atomic E-state index is 12.3. The number of rotatable bonds is 4. The Balaban J connectivity index is 1.53. The Morgan fingerprint density at radius 2 is 2.30 bits per heavy atom. The van der Waals surface area contributed by atoms with Crippen LogP contribution in [0, 0.1) is 18.3 Å². The standard InChI is InChI=1S/C17H23N3O3/c1-12-4-2-6-14(19-12)7-9-18-16(23)20-10-13-5-3-8-17(13,11-20)15(21)22/h2,4,6,13H,3,5,7-11H2,1H3,(H,18,23)(H,21,22)/t13-,17+/m0/s1. The topological polar surface area (TPSA) is 82.5 Å². The largest absolute Gasteiger partial charge is 0.481 e. The summed E-state index contributed by atoms with van der Waals surface area (Å²) in [5.41, 5.74) is 1.20. The van der Waals surface area contributed by atoms with E-state index in [1.807, 2.05) is 25.1 Å². The van der Waals surface area contributed by atoms with Crippen LogP contribution in [0.5, 0.6) is 0 Å². The van der Waals surface area contributed by atoms with Crippen molar-refractivity contribution in [1.29, 1.82) is 0 Å². The van der Waals surface area contributed by atoms with Gasteiger partial charge in [-0.1, -0.05) is 12.5 Å². The molecular formula is C17H23N3O3. The first-order valence-corrected chi connectivity index (χ1v) is 8.20. The van der Waals surface area contributed by atoms with Gasteiger partial charge < -0.3 is 15.3 Å². The van der Waals surface area contributed by atoms with Crippen molar-refractivity contribution in [3.63, 3.8) is 0 Å². The lowest BCUT2D eigenvalue weighted by atomic mass is 9.81. The first-order valence-electron chi connectivity index (χ1n) is 8.20. The molecule has 2 atom stereocenters. The summed E-state index contributed by atoms with van der Waals surface area (Å²) in [4.78, 5) is 30.0. The smallest absolute Gasteiger partial charge is 0.317 e. The first kappa shape index (κ1) is 15.8. The number of aryl methyl sites for hydroxylation is 1. The number of carboxylic acid groups (broad SMARTS) is 1. The van der Waals surface area contributed by atoms with Crippen LogP contribution < -0.4 is 5.32 Å². The highest BCUT2D eigenvalue weighted by atomic mass is 16.4. The number of likely N-dealkylation sites (tertiary alicyclic amines) is 1. The van der Waals surface area contributed by atoms with Gasteiger partial charge in [-0.2, -0.15) is 0 Å². The van der Waals surface area contributed by atoms with Crippen LogP contribution in [0.2, 0.25) is 0 Å². The second-order valence-electron chi connectivity index (χ2n) is 6.68. The fourth-order valence-corrected chi connectivity index (χ4v) is 3.94. The summed E-state index contributed by atoms with van der Waals surface area (Å²) < 4.78 is 0. The van der Waals surface area contributed by atoms with E-state index >= 15 is 0 Å². The Kier molecular flexibility index (Phi) is 4.24. The van der Waals surface area contributed by atoms with Crippen molar-refractivity contribution in [3.05, 3.63) is 29.6 Å². The second-order valence-corrected chi connectivity index (χ2v) is 6.68. The third-order valence-corrected chi connectivity index (χ3v) is 5.19. The highest BCUT2D eigenvalue weighted by Gasteiger charge is 2.55. The Bertz CT molecular complexity index is 619. The van der Waals surface area contributed by atoms with Gasteiger partial charge in [-0.3, -0.25) is 9.78 Å². The number of carboxylic acids is 1.